The Balaban J connectivity index is 2.19. The minimum Gasteiger partial charge on any atom is -0.324 e. The van der Waals surface area contributed by atoms with E-state index in [4.69, 9.17) is 0 Å². The van der Waals surface area contributed by atoms with Crippen LogP contribution in [0.3, 0.4) is 0 Å². The third-order valence-corrected chi connectivity index (χ3v) is 1.72. The van der Waals surface area contributed by atoms with Crippen LogP contribution in [0.2, 0.25) is 0 Å². The van der Waals surface area contributed by atoms with Gasteiger partial charge in [0, 0.05) is 5.69 Å². The molecule has 0 fully saturated rings. The number of anilines is 2. The van der Waals surface area contributed by atoms with Crippen LogP contribution in [0.15, 0.2) is 36.7 Å². The van der Waals surface area contributed by atoms with Gasteiger partial charge >= 0.3 is 0 Å². The third-order valence-electron chi connectivity index (χ3n) is 1.72. The minimum atomic E-state index is 0.573. The fourth-order valence-corrected chi connectivity index (χ4v) is 1.09. The SMILES string of the molecule is Cc1ncnc(Nc2ccccc2)n1. The first-order chi connectivity index (χ1) is 6.84. The molecule has 1 N–H and O–H groups in total. The van der Waals surface area contributed by atoms with Crippen LogP contribution < -0.4 is 5.32 Å². The first kappa shape index (κ1) is 8.62. The van der Waals surface area contributed by atoms with Crippen LogP contribution in [0.1, 0.15) is 5.82 Å². The highest BCUT2D eigenvalue weighted by atomic mass is 15.1. The Morgan fingerprint density at radius 3 is 2.57 bits per heavy atom. The summed E-state index contributed by atoms with van der Waals surface area (Å²) in [5, 5.41) is 3.08. The first-order valence-electron chi connectivity index (χ1n) is 4.32. The van der Waals surface area contributed by atoms with Crippen molar-refractivity contribution < 1.29 is 0 Å². The quantitative estimate of drug-likeness (QED) is 0.778. The van der Waals surface area contributed by atoms with E-state index < -0.39 is 0 Å². The van der Waals surface area contributed by atoms with E-state index in [-0.39, 0.29) is 0 Å². The van der Waals surface area contributed by atoms with Crippen molar-refractivity contribution in [1.82, 2.24) is 15.0 Å². The molecule has 0 aliphatic carbocycles. The van der Waals surface area contributed by atoms with E-state index in [1.54, 1.807) is 0 Å². The fraction of sp³-hybridized carbons (Fsp3) is 0.100. The lowest BCUT2D eigenvalue weighted by molar-refractivity contribution is 0.982. The zero-order chi connectivity index (χ0) is 9.80. The highest BCUT2D eigenvalue weighted by Crippen LogP contribution is 2.10. The number of para-hydroxylation sites is 1. The molecule has 4 nitrogen and oxygen atoms in total. The third kappa shape index (κ3) is 2.04. The molecule has 1 aromatic carbocycles. The number of hydrogen-bond acceptors (Lipinski definition) is 4. The molecule has 4 heteroatoms. The lowest BCUT2D eigenvalue weighted by Crippen LogP contribution is -1.99. The highest BCUT2D eigenvalue weighted by Gasteiger charge is 1.96. The van der Waals surface area contributed by atoms with E-state index >= 15 is 0 Å². The van der Waals surface area contributed by atoms with Crippen LogP contribution in [0.5, 0.6) is 0 Å². The van der Waals surface area contributed by atoms with E-state index in [1.807, 2.05) is 37.3 Å². The predicted octanol–water partition coefficient (Wildman–Crippen LogP) is 1.92. The van der Waals surface area contributed by atoms with E-state index in [2.05, 4.69) is 20.3 Å². The van der Waals surface area contributed by atoms with Crippen LogP contribution in [0.25, 0.3) is 0 Å². The molecule has 2 rings (SSSR count). The Bertz CT molecular complexity index is 413. The molecule has 70 valence electrons. The molecule has 0 spiro atoms. The molecule has 0 bridgehead atoms. The van der Waals surface area contributed by atoms with Crippen molar-refractivity contribution in [3.63, 3.8) is 0 Å². The molecular weight excluding hydrogens is 176 g/mol. The van der Waals surface area contributed by atoms with Gasteiger partial charge in [-0.25, -0.2) is 9.97 Å². The first-order valence-corrected chi connectivity index (χ1v) is 4.32. The summed E-state index contributed by atoms with van der Waals surface area (Å²) in [5.74, 6) is 1.28. The number of nitrogens with zero attached hydrogens (tertiary/aromatic N) is 3. The van der Waals surface area contributed by atoms with Crippen molar-refractivity contribution in [3.05, 3.63) is 42.5 Å². The van der Waals surface area contributed by atoms with Crippen molar-refractivity contribution in [2.45, 2.75) is 6.92 Å². The average molecular weight is 186 g/mol. The molecule has 0 aliphatic rings. The Morgan fingerprint density at radius 2 is 1.86 bits per heavy atom. The van der Waals surface area contributed by atoms with Crippen molar-refractivity contribution in [3.8, 4) is 0 Å². The summed E-state index contributed by atoms with van der Waals surface area (Å²) < 4.78 is 0. The smallest absolute Gasteiger partial charge is 0.230 e. The Morgan fingerprint density at radius 1 is 1.07 bits per heavy atom. The van der Waals surface area contributed by atoms with E-state index in [1.165, 1.54) is 6.33 Å². The van der Waals surface area contributed by atoms with Crippen molar-refractivity contribution >= 4 is 11.6 Å². The van der Waals surface area contributed by atoms with Crippen LogP contribution >= 0.6 is 0 Å². The standard InChI is InChI=1S/C10H10N4/c1-8-11-7-12-10(13-8)14-9-5-3-2-4-6-9/h2-7H,1H3,(H,11,12,13,14). The van der Waals surface area contributed by atoms with Gasteiger partial charge < -0.3 is 5.32 Å². The molecule has 0 unspecified atom stereocenters. The molecule has 0 saturated carbocycles. The maximum absolute atomic E-state index is 4.14. The molecule has 0 radical (unpaired) electrons. The number of benzene rings is 1. The molecule has 0 aliphatic heterocycles. The second-order valence-corrected chi connectivity index (χ2v) is 2.85. The highest BCUT2D eigenvalue weighted by molar-refractivity contribution is 5.52. The van der Waals surface area contributed by atoms with Gasteiger partial charge in [0.2, 0.25) is 5.95 Å². The van der Waals surface area contributed by atoms with Crippen LogP contribution in [0.4, 0.5) is 11.6 Å². The lowest BCUT2D eigenvalue weighted by atomic mass is 10.3. The minimum absolute atomic E-state index is 0.573. The second-order valence-electron chi connectivity index (χ2n) is 2.85. The molecular formula is C10H10N4. The van der Waals surface area contributed by atoms with E-state index in [0.717, 1.165) is 5.69 Å². The van der Waals surface area contributed by atoms with Gasteiger partial charge in [-0.15, -0.1) is 0 Å². The number of aromatic nitrogens is 3. The van der Waals surface area contributed by atoms with Gasteiger partial charge in [-0.05, 0) is 19.1 Å². The zero-order valence-electron chi connectivity index (χ0n) is 7.81. The van der Waals surface area contributed by atoms with Gasteiger partial charge in [0.15, 0.2) is 0 Å². The number of aryl methyl sites for hydroxylation is 1. The second kappa shape index (κ2) is 3.83. The molecule has 0 saturated heterocycles. The molecule has 1 heterocycles. The summed E-state index contributed by atoms with van der Waals surface area (Å²) in [6, 6.07) is 9.79. The molecule has 14 heavy (non-hydrogen) atoms. The maximum atomic E-state index is 4.14. The van der Waals surface area contributed by atoms with E-state index in [0.29, 0.717) is 11.8 Å². The summed E-state index contributed by atoms with van der Waals surface area (Å²) >= 11 is 0. The number of hydrogen-bond donors (Lipinski definition) is 1. The van der Waals surface area contributed by atoms with Crippen LogP contribution in [-0.2, 0) is 0 Å². The summed E-state index contributed by atoms with van der Waals surface area (Å²) in [7, 11) is 0. The van der Waals surface area contributed by atoms with Gasteiger partial charge in [-0.3, -0.25) is 0 Å². The summed E-state index contributed by atoms with van der Waals surface area (Å²) in [6.45, 7) is 1.83. The molecule has 0 amide bonds. The molecule has 2 aromatic rings. The zero-order valence-corrected chi connectivity index (χ0v) is 7.81. The fourth-order valence-electron chi connectivity index (χ4n) is 1.09. The van der Waals surface area contributed by atoms with Gasteiger partial charge in [0.1, 0.15) is 12.2 Å². The van der Waals surface area contributed by atoms with Gasteiger partial charge in [-0.1, -0.05) is 18.2 Å². The Hall–Kier alpha value is -1.97. The Labute approximate surface area is 82.1 Å². The number of nitrogens with one attached hydrogen (secondary N) is 1. The number of rotatable bonds is 2. The van der Waals surface area contributed by atoms with Gasteiger partial charge in [-0.2, -0.15) is 4.98 Å². The van der Waals surface area contributed by atoms with Crippen molar-refractivity contribution in [2.24, 2.45) is 0 Å². The van der Waals surface area contributed by atoms with Crippen LogP contribution in [0, 0.1) is 6.92 Å². The summed E-state index contributed by atoms with van der Waals surface area (Å²) in [4.78, 5) is 12.1. The largest absolute Gasteiger partial charge is 0.324 e. The van der Waals surface area contributed by atoms with Crippen LogP contribution in [-0.4, -0.2) is 15.0 Å². The monoisotopic (exact) mass is 186 g/mol. The van der Waals surface area contributed by atoms with Crippen molar-refractivity contribution in [2.75, 3.05) is 5.32 Å². The normalized spacial score (nSPS) is 9.79. The summed E-state index contributed by atoms with van der Waals surface area (Å²) in [5.41, 5.74) is 0.970. The topological polar surface area (TPSA) is 50.7 Å². The summed E-state index contributed by atoms with van der Waals surface area (Å²) in [6.07, 6.45) is 1.49. The van der Waals surface area contributed by atoms with Gasteiger partial charge in [0.05, 0.1) is 0 Å². The maximum Gasteiger partial charge on any atom is 0.230 e. The van der Waals surface area contributed by atoms with Gasteiger partial charge in [0.25, 0.3) is 0 Å². The molecule has 0 atom stereocenters. The Kier molecular flexibility index (Phi) is 2.36. The lowest BCUT2D eigenvalue weighted by Gasteiger charge is -2.03. The van der Waals surface area contributed by atoms with E-state index in [9.17, 15) is 0 Å². The average Bonchev–Trinajstić information content (AvgIpc) is 2.19. The predicted molar refractivity (Wildman–Crippen MR) is 54.3 cm³/mol. The van der Waals surface area contributed by atoms with Crippen molar-refractivity contribution in [1.29, 1.82) is 0 Å². The molecule has 1 aromatic heterocycles.